The molecular weight excluding hydrogens is 336 g/mol. The van der Waals surface area contributed by atoms with Crippen molar-refractivity contribution in [1.29, 1.82) is 0 Å². The van der Waals surface area contributed by atoms with Crippen molar-refractivity contribution < 1.29 is 29.2 Å². The van der Waals surface area contributed by atoms with Gasteiger partial charge in [0, 0.05) is 12.1 Å². The van der Waals surface area contributed by atoms with Gasteiger partial charge in [0.1, 0.15) is 11.5 Å². The second-order valence-corrected chi connectivity index (χ2v) is 7.03. The van der Waals surface area contributed by atoms with Crippen molar-refractivity contribution in [1.82, 2.24) is 0 Å². The molecule has 2 aromatic rings. The summed E-state index contributed by atoms with van der Waals surface area (Å²) in [5.74, 6) is 3.52. The number of hydrogen-bond acceptors (Lipinski definition) is 6. The predicted octanol–water partition coefficient (Wildman–Crippen LogP) is 3.61. The molecule has 2 atom stereocenters. The summed E-state index contributed by atoms with van der Waals surface area (Å²) in [6.07, 6.45) is 1.41. The van der Waals surface area contributed by atoms with Crippen LogP contribution in [-0.4, -0.2) is 23.8 Å². The molecule has 138 valence electrons. The van der Waals surface area contributed by atoms with Crippen LogP contribution in [-0.2, 0) is 12.8 Å². The van der Waals surface area contributed by atoms with Crippen molar-refractivity contribution in [2.24, 2.45) is 11.8 Å². The van der Waals surface area contributed by atoms with Crippen LogP contribution in [0.5, 0.6) is 34.5 Å². The number of ether oxygens (including phenoxy) is 4. The van der Waals surface area contributed by atoms with Gasteiger partial charge in [0.05, 0.1) is 0 Å². The summed E-state index contributed by atoms with van der Waals surface area (Å²) < 4.78 is 21.4. The van der Waals surface area contributed by atoms with Crippen LogP contribution < -0.4 is 18.9 Å². The Labute approximate surface area is 151 Å². The van der Waals surface area contributed by atoms with E-state index in [2.05, 4.69) is 13.8 Å². The largest absolute Gasteiger partial charge is 0.508 e. The summed E-state index contributed by atoms with van der Waals surface area (Å²) in [5, 5.41) is 20.5. The van der Waals surface area contributed by atoms with E-state index in [4.69, 9.17) is 18.9 Å². The van der Waals surface area contributed by atoms with E-state index in [-0.39, 0.29) is 36.9 Å². The van der Waals surface area contributed by atoms with Gasteiger partial charge in [0.2, 0.25) is 13.6 Å². The molecule has 0 fully saturated rings. The second-order valence-electron chi connectivity index (χ2n) is 7.03. The first-order chi connectivity index (χ1) is 12.5. The Bertz CT molecular complexity index is 762. The van der Waals surface area contributed by atoms with Gasteiger partial charge in [-0.15, -0.1) is 0 Å². The number of rotatable bonds is 5. The fourth-order valence-corrected chi connectivity index (χ4v) is 3.37. The van der Waals surface area contributed by atoms with Crippen molar-refractivity contribution in [3.05, 3.63) is 35.4 Å². The zero-order valence-electron chi connectivity index (χ0n) is 14.8. The zero-order chi connectivity index (χ0) is 18.3. The van der Waals surface area contributed by atoms with Gasteiger partial charge in [0.15, 0.2) is 23.0 Å². The Morgan fingerprint density at radius 2 is 1.04 bits per heavy atom. The number of phenolic OH excluding ortho intramolecular Hbond substituents is 2. The van der Waals surface area contributed by atoms with Gasteiger partial charge < -0.3 is 29.2 Å². The quantitative estimate of drug-likeness (QED) is 0.850. The van der Waals surface area contributed by atoms with Crippen LogP contribution in [0.15, 0.2) is 24.3 Å². The van der Waals surface area contributed by atoms with Gasteiger partial charge in [-0.25, -0.2) is 0 Å². The smallest absolute Gasteiger partial charge is 0.231 e. The Morgan fingerprint density at radius 3 is 1.42 bits per heavy atom. The number of benzene rings is 2. The van der Waals surface area contributed by atoms with Crippen molar-refractivity contribution in [3.63, 3.8) is 0 Å². The first-order valence-corrected chi connectivity index (χ1v) is 8.74. The SMILES string of the molecule is C[C@H](Cc1cc2c(cc1O)OCO2)[C@H](C)Cc1cc2c(cc1O)OCO2. The van der Waals surface area contributed by atoms with E-state index in [1.165, 1.54) is 0 Å². The number of fused-ring (bicyclic) bond motifs is 2. The molecule has 0 aromatic heterocycles. The second kappa shape index (κ2) is 6.52. The van der Waals surface area contributed by atoms with Crippen LogP contribution in [0, 0.1) is 11.8 Å². The monoisotopic (exact) mass is 358 g/mol. The molecule has 0 saturated heterocycles. The molecule has 6 nitrogen and oxygen atoms in total. The molecule has 0 bridgehead atoms. The van der Waals surface area contributed by atoms with E-state index in [1.54, 1.807) is 12.1 Å². The molecule has 2 aromatic carbocycles. The summed E-state index contributed by atoms with van der Waals surface area (Å²) in [4.78, 5) is 0. The first kappa shape index (κ1) is 16.7. The van der Waals surface area contributed by atoms with Crippen molar-refractivity contribution >= 4 is 0 Å². The van der Waals surface area contributed by atoms with Gasteiger partial charge >= 0.3 is 0 Å². The molecular formula is C20H22O6. The van der Waals surface area contributed by atoms with Crippen molar-refractivity contribution in [3.8, 4) is 34.5 Å². The maximum absolute atomic E-state index is 10.2. The molecule has 0 aliphatic carbocycles. The maximum Gasteiger partial charge on any atom is 0.231 e. The molecule has 0 radical (unpaired) electrons. The van der Waals surface area contributed by atoms with E-state index in [1.807, 2.05) is 12.1 Å². The third-order valence-electron chi connectivity index (χ3n) is 5.20. The molecule has 0 saturated carbocycles. The summed E-state index contributed by atoms with van der Waals surface area (Å²) in [5.41, 5.74) is 1.67. The van der Waals surface area contributed by atoms with Crippen LogP contribution in [0.25, 0.3) is 0 Å². The molecule has 0 unspecified atom stereocenters. The molecule has 2 N–H and O–H groups in total. The molecule has 2 heterocycles. The Morgan fingerprint density at radius 1 is 0.692 bits per heavy atom. The third kappa shape index (κ3) is 3.07. The minimum absolute atomic E-state index is 0.188. The van der Waals surface area contributed by atoms with Crippen LogP contribution in [0.1, 0.15) is 25.0 Å². The maximum atomic E-state index is 10.2. The van der Waals surface area contributed by atoms with Crippen LogP contribution in [0.2, 0.25) is 0 Å². The van der Waals surface area contributed by atoms with E-state index in [0.717, 1.165) is 11.1 Å². The Kier molecular flexibility index (Phi) is 4.18. The van der Waals surface area contributed by atoms with E-state index < -0.39 is 0 Å². The fourth-order valence-electron chi connectivity index (χ4n) is 3.37. The van der Waals surface area contributed by atoms with Gasteiger partial charge in [0.25, 0.3) is 0 Å². The molecule has 2 aliphatic heterocycles. The third-order valence-corrected chi connectivity index (χ3v) is 5.20. The average Bonchev–Trinajstić information content (AvgIpc) is 3.23. The first-order valence-electron chi connectivity index (χ1n) is 8.74. The normalized spacial score (nSPS) is 16.5. The fraction of sp³-hybridized carbons (Fsp3) is 0.400. The van der Waals surface area contributed by atoms with Crippen molar-refractivity contribution in [2.75, 3.05) is 13.6 Å². The number of aromatic hydroxyl groups is 2. The molecule has 4 rings (SSSR count). The standard InChI is InChI=1S/C20H22O6/c1-11(3-13-5-17-19(7-15(13)21)25-9-23-17)12(2)4-14-6-18-20(8-16(14)22)26-10-24-18/h5-8,11-12,21-22H,3-4,9-10H2,1-2H3/t11-,12-/m1/s1. The summed E-state index contributed by atoms with van der Waals surface area (Å²) in [6.45, 7) is 4.65. The average molecular weight is 358 g/mol. The Hall–Kier alpha value is -2.76. The molecule has 2 aliphatic rings. The highest BCUT2D eigenvalue weighted by Crippen LogP contribution is 2.41. The lowest BCUT2D eigenvalue weighted by atomic mass is 9.85. The lowest BCUT2D eigenvalue weighted by Crippen LogP contribution is -2.14. The van der Waals surface area contributed by atoms with Gasteiger partial charge in [-0.3, -0.25) is 0 Å². The van der Waals surface area contributed by atoms with Gasteiger partial charge in [-0.1, -0.05) is 13.8 Å². The lowest BCUT2D eigenvalue weighted by molar-refractivity contribution is 0.173. The summed E-state index contributed by atoms with van der Waals surface area (Å²) in [7, 11) is 0. The van der Waals surface area contributed by atoms with E-state index >= 15 is 0 Å². The highest BCUT2D eigenvalue weighted by Gasteiger charge is 2.23. The van der Waals surface area contributed by atoms with Crippen molar-refractivity contribution in [2.45, 2.75) is 26.7 Å². The summed E-state index contributed by atoms with van der Waals surface area (Å²) >= 11 is 0. The molecule has 0 spiro atoms. The highest BCUT2D eigenvalue weighted by molar-refractivity contribution is 5.52. The minimum atomic E-state index is 0.188. The predicted molar refractivity (Wildman–Crippen MR) is 94.2 cm³/mol. The van der Waals surface area contributed by atoms with Crippen LogP contribution in [0.4, 0.5) is 0 Å². The molecule has 0 amide bonds. The number of hydrogen-bond donors (Lipinski definition) is 2. The van der Waals surface area contributed by atoms with Crippen LogP contribution >= 0.6 is 0 Å². The highest BCUT2D eigenvalue weighted by atomic mass is 16.7. The minimum Gasteiger partial charge on any atom is -0.508 e. The van der Waals surface area contributed by atoms with E-state index in [0.29, 0.717) is 35.8 Å². The summed E-state index contributed by atoms with van der Waals surface area (Å²) in [6, 6.07) is 6.91. The van der Waals surface area contributed by atoms with Gasteiger partial charge in [-0.05, 0) is 47.9 Å². The zero-order valence-corrected chi connectivity index (χ0v) is 14.8. The lowest BCUT2D eigenvalue weighted by Gasteiger charge is -2.21. The number of phenols is 2. The molecule has 6 heteroatoms. The topological polar surface area (TPSA) is 77.4 Å². The van der Waals surface area contributed by atoms with E-state index in [9.17, 15) is 10.2 Å². The van der Waals surface area contributed by atoms with Gasteiger partial charge in [-0.2, -0.15) is 0 Å². The Balaban J connectivity index is 1.46. The molecule has 26 heavy (non-hydrogen) atoms. The van der Waals surface area contributed by atoms with Crippen LogP contribution in [0.3, 0.4) is 0 Å².